The van der Waals surface area contributed by atoms with E-state index < -0.39 is 5.97 Å². The number of aromatic amines is 1. The molecule has 0 fully saturated rings. The number of aryl methyl sites for hydroxylation is 1. The predicted octanol–water partition coefficient (Wildman–Crippen LogP) is 2.13. The average molecular weight is 286 g/mol. The van der Waals surface area contributed by atoms with E-state index in [-0.39, 0.29) is 18.9 Å². The number of H-pyrrole nitrogens is 1. The Labute approximate surface area is 123 Å². The molecule has 0 atom stereocenters. The minimum Gasteiger partial charge on any atom is -0.456 e. The first kappa shape index (κ1) is 15.0. The lowest BCUT2D eigenvalue weighted by Gasteiger charge is -2.04. The van der Waals surface area contributed by atoms with Crippen molar-refractivity contribution >= 4 is 11.8 Å². The van der Waals surface area contributed by atoms with Gasteiger partial charge in [0, 0.05) is 11.3 Å². The molecule has 1 heterocycles. The molecule has 0 aliphatic rings. The largest absolute Gasteiger partial charge is 0.456 e. The molecule has 5 nitrogen and oxygen atoms in total. The van der Waals surface area contributed by atoms with Gasteiger partial charge in [0.05, 0.1) is 6.54 Å². The van der Waals surface area contributed by atoms with E-state index in [1.807, 2.05) is 30.3 Å². The number of carbonyl (C=O) groups is 2. The molecule has 2 rings (SSSR count). The number of ether oxygens (including phenoxy) is 1. The third-order valence-corrected chi connectivity index (χ3v) is 3.32. The van der Waals surface area contributed by atoms with E-state index in [9.17, 15) is 9.59 Å². The highest BCUT2D eigenvalue weighted by Crippen LogP contribution is 2.19. The monoisotopic (exact) mass is 286 g/mol. The van der Waals surface area contributed by atoms with Crippen molar-refractivity contribution in [2.75, 3.05) is 6.54 Å². The maximum Gasteiger partial charge on any atom is 0.355 e. The number of esters is 1. The maximum absolute atomic E-state index is 12.1. The van der Waals surface area contributed by atoms with Gasteiger partial charge in [-0.15, -0.1) is 0 Å². The van der Waals surface area contributed by atoms with E-state index in [0.717, 1.165) is 5.56 Å². The normalized spacial score (nSPS) is 10.4. The Morgan fingerprint density at radius 3 is 2.48 bits per heavy atom. The van der Waals surface area contributed by atoms with E-state index >= 15 is 0 Å². The lowest BCUT2D eigenvalue weighted by molar-refractivity contribution is 0.0465. The zero-order valence-electron chi connectivity index (χ0n) is 12.1. The predicted molar refractivity (Wildman–Crippen MR) is 79.2 cm³/mol. The second kappa shape index (κ2) is 6.37. The van der Waals surface area contributed by atoms with Crippen molar-refractivity contribution in [3.05, 3.63) is 58.4 Å². The Balaban J connectivity index is 2.15. The van der Waals surface area contributed by atoms with Gasteiger partial charge in [-0.05, 0) is 25.0 Å². The van der Waals surface area contributed by atoms with E-state index in [0.29, 0.717) is 22.5 Å². The van der Waals surface area contributed by atoms with Crippen LogP contribution in [-0.4, -0.2) is 23.3 Å². The number of ketones is 1. The molecule has 0 spiro atoms. The van der Waals surface area contributed by atoms with E-state index in [1.165, 1.54) is 0 Å². The van der Waals surface area contributed by atoms with Crippen LogP contribution in [0.15, 0.2) is 30.3 Å². The lowest BCUT2D eigenvalue weighted by atomic mass is 10.1. The number of rotatable bonds is 5. The molecule has 0 bridgehead atoms. The summed E-state index contributed by atoms with van der Waals surface area (Å²) in [4.78, 5) is 26.8. The Morgan fingerprint density at radius 1 is 1.19 bits per heavy atom. The molecular weight excluding hydrogens is 268 g/mol. The van der Waals surface area contributed by atoms with Gasteiger partial charge in [-0.2, -0.15) is 0 Å². The van der Waals surface area contributed by atoms with Crippen LogP contribution in [0.4, 0.5) is 0 Å². The first-order valence-corrected chi connectivity index (χ1v) is 6.68. The summed E-state index contributed by atoms with van der Waals surface area (Å²) in [6.07, 6.45) is 0. The molecule has 0 radical (unpaired) electrons. The number of aromatic nitrogens is 1. The minimum atomic E-state index is -0.476. The van der Waals surface area contributed by atoms with Gasteiger partial charge < -0.3 is 15.5 Å². The van der Waals surface area contributed by atoms with Crippen molar-refractivity contribution in [1.29, 1.82) is 0 Å². The Bertz CT molecular complexity index is 660. The van der Waals surface area contributed by atoms with E-state index in [1.54, 1.807) is 13.8 Å². The highest BCUT2D eigenvalue weighted by molar-refractivity contribution is 6.03. The van der Waals surface area contributed by atoms with Gasteiger partial charge in [0.1, 0.15) is 12.3 Å². The number of hydrogen-bond acceptors (Lipinski definition) is 4. The summed E-state index contributed by atoms with van der Waals surface area (Å²) in [6, 6.07) is 9.41. The average Bonchev–Trinajstić information content (AvgIpc) is 2.80. The molecule has 0 aliphatic heterocycles. The molecule has 0 aliphatic carbocycles. The SMILES string of the molecule is Cc1[nH]c(C(=O)OCc2ccccc2)c(C)c1C(=O)CN. The molecule has 1 aromatic carbocycles. The fourth-order valence-electron chi connectivity index (χ4n) is 2.27. The van der Waals surface area contributed by atoms with Crippen molar-refractivity contribution < 1.29 is 14.3 Å². The molecule has 1 aromatic heterocycles. The summed E-state index contributed by atoms with van der Waals surface area (Å²) in [5.74, 6) is -0.668. The van der Waals surface area contributed by atoms with E-state index in [2.05, 4.69) is 4.98 Å². The molecule has 110 valence electrons. The molecule has 21 heavy (non-hydrogen) atoms. The van der Waals surface area contributed by atoms with Gasteiger partial charge >= 0.3 is 5.97 Å². The van der Waals surface area contributed by atoms with Crippen LogP contribution in [0.5, 0.6) is 0 Å². The van der Waals surface area contributed by atoms with Crippen LogP contribution in [0.25, 0.3) is 0 Å². The standard InChI is InChI=1S/C16H18N2O3/c1-10-14(13(19)8-17)11(2)18-15(10)16(20)21-9-12-6-4-3-5-7-12/h3-7,18H,8-9,17H2,1-2H3. The highest BCUT2D eigenvalue weighted by Gasteiger charge is 2.21. The molecule has 0 unspecified atom stereocenters. The summed E-state index contributed by atoms with van der Waals surface area (Å²) >= 11 is 0. The zero-order valence-corrected chi connectivity index (χ0v) is 12.1. The number of nitrogens with one attached hydrogen (secondary N) is 1. The summed E-state index contributed by atoms with van der Waals surface area (Å²) in [5, 5.41) is 0. The second-order valence-corrected chi connectivity index (χ2v) is 4.81. The highest BCUT2D eigenvalue weighted by atomic mass is 16.5. The fourth-order valence-corrected chi connectivity index (χ4v) is 2.27. The lowest BCUT2D eigenvalue weighted by Crippen LogP contribution is -2.15. The fraction of sp³-hybridized carbons (Fsp3) is 0.250. The molecule has 0 amide bonds. The number of benzene rings is 1. The Morgan fingerprint density at radius 2 is 1.86 bits per heavy atom. The van der Waals surface area contributed by atoms with Crippen LogP contribution < -0.4 is 5.73 Å². The first-order chi connectivity index (χ1) is 10.0. The van der Waals surface area contributed by atoms with Crippen molar-refractivity contribution in [3.63, 3.8) is 0 Å². The van der Waals surface area contributed by atoms with Crippen LogP contribution in [0.3, 0.4) is 0 Å². The smallest absolute Gasteiger partial charge is 0.355 e. The number of hydrogen-bond donors (Lipinski definition) is 2. The number of Topliss-reactive ketones (excluding diaryl/α,β-unsaturated/α-hetero) is 1. The third-order valence-electron chi connectivity index (χ3n) is 3.32. The molecule has 0 saturated carbocycles. The Kier molecular flexibility index (Phi) is 4.55. The zero-order chi connectivity index (χ0) is 15.4. The minimum absolute atomic E-state index is 0.0853. The van der Waals surface area contributed by atoms with Crippen molar-refractivity contribution in [2.24, 2.45) is 5.73 Å². The van der Waals surface area contributed by atoms with Gasteiger partial charge in [-0.1, -0.05) is 30.3 Å². The van der Waals surface area contributed by atoms with Crippen molar-refractivity contribution in [1.82, 2.24) is 4.98 Å². The van der Waals surface area contributed by atoms with Gasteiger partial charge in [0.25, 0.3) is 0 Å². The molecule has 2 aromatic rings. The van der Waals surface area contributed by atoms with Crippen molar-refractivity contribution in [3.8, 4) is 0 Å². The first-order valence-electron chi connectivity index (χ1n) is 6.68. The van der Waals surface area contributed by atoms with E-state index in [4.69, 9.17) is 10.5 Å². The van der Waals surface area contributed by atoms with Crippen molar-refractivity contribution in [2.45, 2.75) is 20.5 Å². The van der Waals surface area contributed by atoms with Crippen LogP contribution in [0.1, 0.15) is 37.7 Å². The van der Waals surface area contributed by atoms with Crippen LogP contribution in [0, 0.1) is 13.8 Å². The molecule has 0 saturated heterocycles. The van der Waals surface area contributed by atoms with Crippen LogP contribution >= 0.6 is 0 Å². The number of carbonyl (C=O) groups excluding carboxylic acids is 2. The van der Waals surface area contributed by atoms with Crippen LogP contribution in [0.2, 0.25) is 0 Å². The van der Waals surface area contributed by atoms with Gasteiger partial charge in [0.15, 0.2) is 5.78 Å². The Hall–Kier alpha value is -2.40. The van der Waals surface area contributed by atoms with Crippen LogP contribution in [-0.2, 0) is 11.3 Å². The summed E-state index contributed by atoms with van der Waals surface area (Å²) in [5.41, 5.74) is 8.29. The van der Waals surface area contributed by atoms with Gasteiger partial charge in [-0.3, -0.25) is 4.79 Å². The topological polar surface area (TPSA) is 85.2 Å². The molecular formula is C16H18N2O3. The second-order valence-electron chi connectivity index (χ2n) is 4.81. The summed E-state index contributed by atoms with van der Waals surface area (Å²) in [6.45, 7) is 3.56. The molecule has 3 N–H and O–H groups in total. The molecule has 5 heteroatoms. The number of nitrogens with two attached hydrogens (primary N) is 1. The maximum atomic E-state index is 12.1. The van der Waals surface area contributed by atoms with Gasteiger partial charge in [0.2, 0.25) is 0 Å². The summed E-state index contributed by atoms with van der Waals surface area (Å²) < 4.78 is 5.26. The quantitative estimate of drug-likeness (QED) is 0.651. The summed E-state index contributed by atoms with van der Waals surface area (Å²) in [7, 11) is 0. The van der Waals surface area contributed by atoms with Gasteiger partial charge in [-0.25, -0.2) is 4.79 Å². The third kappa shape index (κ3) is 3.20.